The number of nitrogens with zero attached hydrogens (tertiary/aromatic N) is 2. The maximum Gasteiger partial charge on any atom is 0.405 e. The zero-order valence-electron chi connectivity index (χ0n) is 8.27. The van der Waals surface area contributed by atoms with Crippen molar-refractivity contribution in [2.75, 3.05) is 18.5 Å². The van der Waals surface area contributed by atoms with Gasteiger partial charge in [-0.05, 0) is 35.0 Å². The molecule has 84 valence electrons. The molecule has 1 rings (SSSR count). The van der Waals surface area contributed by atoms with Crippen molar-refractivity contribution in [2.24, 2.45) is 0 Å². The molecule has 2 nitrogen and oxygen atoms in total. The van der Waals surface area contributed by atoms with Crippen LogP contribution in [0.25, 0.3) is 0 Å². The van der Waals surface area contributed by atoms with Gasteiger partial charge in [0, 0.05) is 11.5 Å². The van der Waals surface area contributed by atoms with E-state index in [0.29, 0.717) is 11.5 Å². The summed E-state index contributed by atoms with van der Waals surface area (Å²) in [4.78, 5) is 5.10. The highest BCUT2D eigenvalue weighted by atomic mass is 79.9. The Morgan fingerprint density at radius 1 is 1.40 bits per heavy atom. The molecule has 0 saturated carbocycles. The molecule has 6 heteroatoms. The van der Waals surface area contributed by atoms with Crippen molar-refractivity contribution in [3.63, 3.8) is 0 Å². The molecule has 0 amide bonds. The van der Waals surface area contributed by atoms with Gasteiger partial charge in [0.1, 0.15) is 12.4 Å². The quantitative estimate of drug-likeness (QED) is 0.828. The van der Waals surface area contributed by atoms with Crippen LogP contribution < -0.4 is 4.90 Å². The molecule has 0 bridgehead atoms. The molecule has 1 heterocycles. The molecule has 0 unspecified atom stereocenters. The topological polar surface area (TPSA) is 16.1 Å². The number of hydrogen-bond donors (Lipinski definition) is 0. The Morgan fingerprint density at radius 2 is 2.00 bits per heavy atom. The first kappa shape index (κ1) is 12.3. The van der Waals surface area contributed by atoms with Crippen molar-refractivity contribution in [2.45, 2.75) is 13.1 Å². The van der Waals surface area contributed by atoms with Crippen molar-refractivity contribution >= 4 is 21.7 Å². The molecule has 0 aliphatic rings. The summed E-state index contributed by atoms with van der Waals surface area (Å²) < 4.78 is 37.1. The molecule has 0 radical (unpaired) electrons. The van der Waals surface area contributed by atoms with E-state index in [1.807, 2.05) is 0 Å². The van der Waals surface area contributed by atoms with Crippen LogP contribution in [0, 0.1) is 6.92 Å². The molecule has 0 atom stereocenters. The number of aromatic nitrogens is 1. The lowest BCUT2D eigenvalue weighted by atomic mass is 10.3. The predicted molar refractivity (Wildman–Crippen MR) is 56.0 cm³/mol. The normalized spacial score (nSPS) is 11.6. The van der Waals surface area contributed by atoms with E-state index in [-0.39, 0.29) is 0 Å². The van der Waals surface area contributed by atoms with E-state index < -0.39 is 12.7 Å². The summed E-state index contributed by atoms with van der Waals surface area (Å²) in [6.07, 6.45) is -4.21. The van der Waals surface area contributed by atoms with Crippen molar-refractivity contribution in [1.29, 1.82) is 0 Å². The number of halogens is 4. The highest BCUT2D eigenvalue weighted by Crippen LogP contribution is 2.22. The molecule has 15 heavy (non-hydrogen) atoms. The van der Waals surface area contributed by atoms with Gasteiger partial charge in [-0.1, -0.05) is 0 Å². The second-order valence-electron chi connectivity index (χ2n) is 3.21. The van der Waals surface area contributed by atoms with Gasteiger partial charge in [0.2, 0.25) is 0 Å². The summed E-state index contributed by atoms with van der Waals surface area (Å²) in [6.45, 7) is 0.732. The molecule has 0 aliphatic heterocycles. The Morgan fingerprint density at radius 3 is 2.47 bits per heavy atom. The van der Waals surface area contributed by atoms with Gasteiger partial charge in [-0.15, -0.1) is 0 Å². The van der Waals surface area contributed by atoms with Gasteiger partial charge in [-0.25, -0.2) is 4.98 Å². The van der Waals surface area contributed by atoms with Gasteiger partial charge < -0.3 is 4.90 Å². The van der Waals surface area contributed by atoms with E-state index >= 15 is 0 Å². The largest absolute Gasteiger partial charge is 0.405 e. The fourth-order valence-corrected chi connectivity index (χ4v) is 1.31. The van der Waals surface area contributed by atoms with Gasteiger partial charge in [-0.2, -0.15) is 13.2 Å². The summed E-state index contributed by atoms with van der Waals surface area (Å²) in [6, 6.07) is 3.23. The molecule has 1 aromatic rings. The van der Waals surface area contributed by atoms with Crippen molar-refractivity contribution in [3.8, 4) is 0 Å². The third-order valence-electron chi connectivity index (χ3n) is 1.81. The number of rotatable bonds is 2. The fourth-order valence-electron chi connectivity index (χ4n) is 1.09. The monoisotopic (exact) mass is 282 g/mol. The van der Waals surface area contributed by atoms with Crippen LogP contribution in [-0.4, -0.2) is 24.8 Å². The second-order valence-corrected chi connectivity index (χ2v) is 4.06. The van der Waals surface area contributed by atoms with Crippen molar-refractivity contribution < 1.29 is 13.2 Å². The highest BCUT2D eigenvalue weighted by Gasteiger charge is 2.29. The molecule has 0 aromatic carbocycles. The SMILES string of the molecule is Cc1nc(N(C)CC(F)(F)F)ccc1Br. The first-order valence-corrected chi connectivity index (χ1v) is 5.00. The Kier molecular flexibility index (Phi) is 3.59. The number of aryl methyl sites for hydroxylation is 1. The molecule has 0 N–H and O–H groups in total. The fraction of sp³-hybridized carbons (Fsp3) is 0.444. The Hall–Kier alpha value is -0.780. The molecule has 0 saturated heterocycles. The standard InChI is InChI=1S/C9H10BrF3N2/c1-6-7(10)3-4-8(14-6)15(2)5-9(11,12)13/h3-4H,5H2,1-2H3. The Balaban J connectivity index is 2.83. The van der Waals surface area contributed by atoms with Crippen molar-refractivity contribution in [1.82, 2.24) is 4.98 Å². The van der Waals surface area contributed by atoms with Crippen LogP contribution in [0.5, 0.6) is 0 Å². The predicted octanol–water partition coefficient (Wildman–Crippen LogP) is 3.15. The zero-order valence-corrected chi connectivity index (χ0v) is 9.85. The second kappa shape index (κ2) is 4.38. The lowest BCUT2D eigenvalue weighted by Crippen LogP contribution is -2.31. The highest BCUT2D eigenvalue weighted by molar-refractivity contribution is 9.10. The minimum Gasteiger partial charge on any atom is -0.351 e. The third kappa shape index (κ3) is 3.70. The summed E-state index contributed by atoms with van der Waals surface area (Å²) in [7, 11) is 1.36. The minimum atomic E-state index is -4.21. The average Bonchev–Trinajstić information content (AvgIpc) is 2.06. The molecule has 0 spiro atoms. The molecule has 0 fully saturated rings. The van der Waals surface area contributed by atoms with Gasteiger partial charge in [0.05, 0.1) is 5.69 Å². The van der Waals surface area contributed by atoms with E-state index in [2.05, 4.69) is 20.9 Å². The van der Waals surface area contributed by atoms with Crippen LogP contribution in [0.3, 0.4) is 0 Å². The van der Waals surface area contributed by atoms with E-state index in [1.165, 1.54) is 7.05 Å². The van der Waals surface area contributed by atoms with Crippen LogP contribution in [0.15, 0.2) is 16.6 Å². The van der Waals surface area contributed by atoms with E-state index in [9.17, 15) is 13.2 Å². The zero-order chi connectivity index (χ0) is 11.6. The Labute approximate surface area is 94.2 Å². The van der Waals surface area contributed by atoms with Crippen LogP contribution in [0.4, 0.5) is 19.0 Å². The van der Waals surface area contributed by atoms with Crippen LogP contribution >= 0.6 is 15.9 Å². The maximum atomic E-state index is 12.1. The molecular formula is C9H10BrF3N2. The van der Waals surface area contributed by atoms with Crippen LogP contribution in [0.2, 0.25) is 0 Å². The average molecular weight is 283 g/mol. The number of hydrogen-bond acceptors (Lipinski definition) is 2. The van der Waals surface area contributed by atoms with E-state index in [0.717, 1.165) is 9.37 Å². The third-order valence-corrected chi connectivity index (χ3v) is 2.65. The number of alkyl halides is 3. The molecule has 0 aliphatic carbocycles. The van der Waals surface area contributed by atoms with Crippen molar-refractivity contribution in [3.05, 3.63) is 22.3 Å². The lowest BCUT2D eigenvalue weighted by Gasteiger charge is -2.20. The number of anilines is 1. The molecule has 1 aromatic heterocycles. The maximum absolute atomic E-state index is 12.1. The summed E-state index contributed by atoms with van der Waals surface area (Å²) in [5.74, 6) is 0.313. The minimum absolute atomic E-state index is 0.313. The number of pyridine rings is 1. The Bertz CT molecular complexity index is 352. The summed E-state index contributed by atoms with van der Waals surface area (Å²) in [5, 5.41) is 0. The van der Waals surface area contributed by atoms with E-state index in [1.54, 1.807) is 19.1 Å². The summed E-state index contributed by atoms with van der Waals surface area (Å²) in [5.41, 5.74) is 0.668. The van der Waals surface area contributed by atoms with Gasteiger partial charge in [-0.3, -0.25) is 0 Å². The van der Waals surface area contributed by atoms with Gasteiger partial charge in [0.15, 0.2) is 0 Å². The van der Waals surface area contributed by atoms with Crippen LogP contribution in [-0.2, 0) is 0 Å². The van der Waals surface area contributed by atoms with Crippen LogP contribution in [0.1, 0.15) is 5.69 Å². The first-order chi connectivity index (χ1) is 6.79. The summed E-state index contributed by atoms with van der Waals surface area (Å²) >= 11 is 3.24. The smallest absolute Gasteiger partial charge is 0.351 e. The lowest BCUT2D eigenvalue weighted by molar-refractivity contribution is -0.119. The first-order valence-electron chi connectivity index (χ1n) is 4.20. The molecular weight excluding hydrogens is 273 g/mol. The van der Waals surface area contributed by atoms with Gasteiger partial charge in [0.25, 0.3) is 0 Å². The van der Waals surface area contributed by atoms with Gasteiger partial charge >= 0.3 is 6.18 Å². The van der Waals surface area contributed by atoms with E-state index in [4.69, 9.17) is 0 Å².